The molecule has 1 amide bonds. The van der Waals surface area contributed by atoms with Gasteiger partial charge in [-0.05, 0) is 23.8 Å². The third kappa shape index (κ3) is 3.59. The lowest BCUT2D eigenvalue weighted by Crippen LogP contribution is -2.22. The number of hydrogen-bond donors (Lipinski definition) is 3. The molecule has 0 aliphatic carbocycles. The molecule has 4 nitrogen and oxygen atoms in total. The van der Waals surface area contributed by atoms with Gasteiger partial charge in [-0.25, -0.2) is 0 Å². The average Bonchev–Trinajstić information content (AvgIpc) is 2.45. The third-order valence-corrected chi connectivity index (χ3v) is 3.04. The lowest BCUT2D eigenvalue weighted by atomic mass is 10.1. The van der Waals surface area contributed by atoms with Crippen LogP contribution >= 0.6 is 11.6 Å². The molecule has 0 spiro atoms. The highest BCUT2D eigenvalue weighted by Gasteiger charge is 2.05. The minimum absolute atomic E-state index is 0.0273. The molecule has 0 aliphatic heterocycles. The molecule has 0 aromatic heterocycles. The number of halogens is 1. The Hall–Kier alpha value is -2.33. The maximum Gasteiger partial charge on any atom is 0.251 e. The van der Waals surface area contributed by atoms with Crippen LogP contribution in [0.1, 0.15) is 21.5 Å². The number of hydrogen-bond acceptors (Lipinski definition) is 2. The van der Waals surface area contributed by atoms with Crippen LogP contribution in [0.15, 0.2) is 48.5 Å². The fraction of sp³-hybridized carbons (Fsp3) is 0.0667. The van der Waals surface area contributed by atoms with Gasteiger partial charge in [-0.1, -0.05) is 41.9 Å². The molecule has 0 heterocycles. The van der Waals surface area contributed by atoms with Crippen LogP contribution in [0, 0.1) is 5.41 Å². The monoisotopic (exact) mass is 287 g/mol. The van der Waals surface area contributed by atoms with Crippen molar-refractivity contribution in [3.63, 3.8) is 0 Å². The van der Waals surface area contributed by atoms with Crippen molar-refractivity contribution in [1.82, 2.24) is 5.32 Å². The molecule has 0 saturated heterocycles. The first-order valence-corrected chi connectivity index (χ1v) is 6.41. The molecule has 2 rings (SSSR count). The molecule has 0 unspecified atom stereocenters. The number of rotatable bonds is 4. The number of carbonyl (C=O) groups excluding carboxylic acids is 1. The van der Waals surface area contributed by atoms with E-state index in [0.29, 0.717) is 22.7 Å². The molecule has 4 N–H and O–H groups in total. The van der Waals surface area contributed by atoms with E-state index in [2.05, 4.69) is 5.32 Å². The van der Waals surface area contributed by atoms with Crippen molar-refractivity contribution in [3.8, 4) is 0 Å². The zero-order chi connectivity index (χ0) is 14.5. The minimum Gasteiger partial charge on any atom is -0.384 e. The Balaban J connectivity index is 1.98. The Bertz CT molecular complexity index is 638. The molecule has 0 fully saturated rings. The first kappa shape index (κ1) is 14.1. The van der Waals surface area contributed by atoms with Gasteiger partial charge >= 0.3 is 0 Å². The van der Waals surface area contributed by atoms with E-state index in [-0.39, 0.29) is 11.7 Å². The molecule has 5 heteroatoms. The van der Waals surface area contributed by atoms with Crippen LogP contribution in [0.2, 0.25) is 5.02 Å². The number of amidine groups is 1. The summed E-state index contributed by atoms with van der Waals surface area (Å²) in [6.07, 6.45) is 0. The van der Waals surface area contributed by atoms with E-state index in [1.165, 1.54) is 0 Å². The topological polar surface area (TPSA) is 79.0 Å². The Labute approximate surface area is 122 Å². The van der Waals surface area contributed by atoms with E-state index in [4.69, 9.17) is 22.7 Å². The largest absolute Gasteiger partial charge is 0.384 e. The van der Waals surface area contributed by atoms with Crippen LogP contribution < -0.4 is 11.1 Å². The first-order valence-electron chi connectivity index (χ1n) is 6.03. The van der Waals surface area contributed by atoms with Crippen LogP contribution in [-0.4, -0.2) is 11.7 Å². The fourth-order valence-corrected chi connectivity index (χ4v) is 1.91. The van der Waals surface area contributed by atoms with Gasteiger partial charge in [-0.2, -0.15) is 0 Å². The molecular formula is C15H14ClN3O. The van der Waals surface area contributed by atoms with E-state index < -0.39 is 0 Å². The molecule has 0 aliphatic rings. The SMILES string of the molecule is N=C(N)c1ccc(CNC(=O)c2cccc(Cl)c2)cc1. The van der Waals surface area contributed by atoms with Crippen LogP contribution in [0.25, 0.3) is 0 Å². The quantitative estimate of drug-likeness (QED) is 0.597. The van der Waals surface area contributed by atoms with Gasteiger partial charge in [0.2, 0.25) is 0 Å². The van der Waals surface area contributed by atoms with Crippen molar-refractivity contribution < 1.29 is 4.79 Å². The van der Waals surface area contributed by atoms with E-state index in [9.17, 15) is 4.79 Å². The summed E-state index contributed by atoms with van der Waals surface area (Å²) in [6.45, 7) is 0.406. The van der Waals surface area contributed by atoms with Gasteiger partial charge < -0.3 is 11.1 Å². The van der Waals surface area contributed by atoms with E-state index in [1.807, 2.05) is 12.1 Å². The van der Waals surface area contributed by atoms with E-state index in [1.54, 1.807) is 36.4 Å². The Morgan fingerprint density at radius 3 is 2.45 bits per heavy atom. The summed E-state index contributed by atoms with van der Waals surface area (Å²) in [6, 6.07) is 13.9. The van der Waals surface area contributed by atoms with Gasteiger partial charge in [0.1, 0.15) is 5.84 Å². The number of nitrogens with two attached hydrogens (primary N) is 1. The van der Waals surface area contributed by atoms with E-state index >= 15 is 0 Å². The average molecular weight is 288 g/mol. The molecule has 102 valence electrons. The van der Waals surface area contributed by atoms with Gasteiger partial charge in [0.25, 0.3) is 5.91 Å². The van der Waals surface area contributed by atoms with Crippen molar-refractivity contribution >= 4 is 23.3 Å². The summed E-state index contributed by atoms with van der Waals surface area (Å²) in [5.41, 5.74) is 7.50. The van der Waals surface area contributed by atoms with Gasteiger partial charge in [-0.15, -0.1) is 0 Å². The van der Waals surface area contributed by atoms with Gasteiger partial charge in [0.05, 0.1) is 0 Å². The summed E-state index contributed by atoms with van der Waals surface area (Å²) in [5.74, 6) is -0.150. The predicted octanol–water partition coefficient (Wildman–Crippen LogP) is 2.55. The maximum atomic E-state index is 11.9. The number of amides is 1. The van der Waals surface area contributed by atoms with E-state index in [0.717, 1.165) is 5.56 Å². The maximum absolute atomic E-state index is 11.9. The van der Waals surface area contributed by atoms with Crippen LogP contribution in [0.3, 0.4) is 0 Å². The Morgan fingerprint density at radius 1 is 1.15 bits per heavy atom. The van der Waals surface area contributed by atoms with Crippen LogP contribution in [-0.2, 0) is 6.54 Å². The zero-order valence-electron chi connectivity index (χ0n) is 10.7. The van der Waals surface area contributed by atoms with Gasteiger partial charge in [0.15, 0.2) is 0 Å². The second kappa shape index (κ2) is 6.21. The Kier molecular flexibility index (Phi) is 4.38. The van der Waals surface area contributed by atoms with Crippen molar-refractivity contribution in [3.05, 3.63) is 70.2 Å². The first-order chi connectivity index (χ1) is 9.56. The lowest BCUT2D eigenvalue weighted by Gasteiger charge is -2.06. The number of carbonyl (C=O) groups is 1. The van der Waals surface area contributed by atoms with Gasteiger partial charge in [0, 0.05) is 22.7 Å². The van der Waals surface area contributed by atoms with Crippen LogP contribution in [0.5, 0.6) is 0 Å². The summed E-state index contributed by atoms with van der Waals surface area (Å²) in [5, 5.41) is 10.6. The van der Waals surface area contributed by atoms with Crippen molar-refractivity contribution in [1.29, 1.82) is 5.41 Å². The summed E-state index contributed by atoms with van der Waals surface area (Å²) in [7, 11) is 0. The highest BCUT2D eigenvalue weighted by Crippen LogP contribution is 2.11. The summed E-state index contributed by atoms with van der Waals surface area (Å²) < 4.78 is 0. The van der Waals surface area contributed by atoms with Crippen molar-refractivity contribution in [2.24, 2.45) is 5.73 Å². The highest BCUT2D eigenvalue weighted by molar-refractivity contribution is 6.30. The lowest BCUT2D eigenvalue weighted by molar-refractivity contribution is 0.0951. The molecule has 2 aromatic rings. The molecule has 0 atom stereocenters. The molecule has 0 bridgehead atoms. The third-order valence-electron chi connectivity index (χ3n) is 2.80. The number of nitrogens with one attached hydrogen (secondary N) is 2. The number of benzene rings is 2. The smallest absolute Gasteiger partial charge is 0.251 e. The summed E-state index contributed by atoms with van der Waals surface area (Å²) >= 11 is 5.84. The number of nitrogen functional groups attached to an aromatic ring is 1. The predicted molar refractivity (Wildman–Crippen MR) is 80.1 cm³/mol. The van der Waals surface area contributed by atoms with Crippen molar-refractivity contribution in [2.75, 3.05) is 0 Å². The van der Waals surface area contributed by atoms with Gasteiger partial charge in [-0.3, -0.25) is 10.2 Å². The summed E-state index contributed by atoms with van der Waals surface area (Å²) in [4.78, 5) is 11.9. The second-order valence-corrected chi connectivity index (χ2v) is 4.74. The molecule has 0 radical (unpaired) electrons. The molecule has 0 saturated carbocycles. The van der Waals surface area contributed by atoms with Crippen LogP contribution in [0.4, 0.5) is 0 Å². The van der Waals surface area contributed by atoms with Crippen molar-refractivity contribution in [2.45, 2.75) is 6.54 Å². The molecular weight excluding hydrogens is 274 g/mol. The zero-order valence-corrected chi connectivity index (χ0v) is 11.4. The minimum atomic E-state index is -0.178. The Morgan fingerprint density at radius 2 is 1.85 bits per heavy atom. The molecule has 2 aromatic carbocycles. The second-order valence-electron chi connectivity index (χ2n) is 4.30. The standard InChI is InChI=1S/C15H14ClN3O/c16-13-3-1-2-12(8-13)15(20)19-9-10-4-6-11(7-5-10)14(17)18/h1-8H,9H2,(H3,17,18)(H,19,20). The fourth-order valence-electron chi connectivity index (χ4n) is 1.72. The molecule has 20 heavy (non-hydrogen) atoms. The highest BCUT2D eigenvalue weighted by atomic mass is 35.5. The normalized spacial score (nSPS) is 10.1.